The van der Waals surface area contributed by atoms with E-state index in [1.165, 1.54) is 32.1 Å². The summed E-state index contributed by atoms with van der Waals surface area (Å²) in [5.41, 5.74) is 0. The highest BCUT2D eigenvalue weighted by molar-refractivity contribution is 5.12. The van der Waals surface area contributed by atoms with Crippen LogP contribution in [0.3, 0.4) is 0 Å². The van der Waals surface area contributed by atoms with Gasteiger partial charge in [-0.2, -0.15) is 5.10 Å². The summed E-state index contributed by atoms with van der Waals surface area (Å²) in [6.45, 7) is 0.394. The van der Waals surface area contributed by atoms with Gasteiger partial charge in [-0.15, -0.1) is 0 Å². The van der Waals surface area contributed by atoms with Crippen molar-refractivity contribution in [1.82, 2.24) is 9.78 Å². The summed E-state index contributed by atoms with van der Waals surface area (Å²) in [4.78, 5) is 0. The van der Waals surface area contributed by atoms with Gasteiger partial charge in [0.1, 0.15) is 6.61 Å². The van der Waals surface area contributed by atoms with Crippen molar-refractivity contribution in [3.05, 3.63) is 12.4 Å². The van der Waals surface area contributed by atoms with Crippen LogP contribution < -0.4 is 4.74 Å². The molecule has 1 saturated carbocycles. The number of aliphatic hydroxyl groups is 1. The fourth-order valence-electron chi connectivity index (χ4n) is 2.10. The second-order valence-corrected chi connectivity index (χ2v) is 4.02. The van der Waals surface area contributed by atoms with Gasteiger partial charge in [0.25, 0.3) is 0 Å². The van der Waals surface area contributed by atoms with Crippen molar-refractivity contribution in [1.29, 1.82) is 0 Å². The molecule has 0 atom stereocenters. The third kappa shape index (κ3) is 2.72. The largest absolute Gasteiger partial charge is 0.488 e. The first-order valence-corrected chi connectivity index (χ1v) is 5.68. The van der Waals surface area contributed by atoms with Crippen molar-refractivity contribution in [3.63, 3.8) is 0 Å². The van der Waals surface area contributed by atoms with E-state index in [0.29, 0.717) is 12.6 Å². The number of nitrogens with zero attached hydrogens (tertiary/aromatic N) is 2. The topological polar surface area (TPSA) is 47.3 Å². The van der Waals surface area contributed by atoms with Gasteiger partial charge in [-0.1, -0.05) is 19.3 Å². The van der Waals surface area contributed by atoms with E-state index in [2.05, 4.69) is 5.10 Å². The summed E-state index contributed by atoms with van der Waals surface area (Å²) in [6, 6.07) is 0.547. The second kappa shape index (κ2) is 5.16. The highest BCUT2D eigenvalue weighted by Gasteiger charge is 2.16. The zero-order valence-corrected chi connectivity index (χ0v) is 8.93. The Morgan fingerprint density at radius 2 is 2.20 bits per heavy atom. The Bertz CT molecular complexity index is 293. The molecule has 1 aromatic heterocycles. The van der Waals surface area contributed by atoms with E-state index < -0.39 is 0 Å². The van der Waals surface area contributed by atoms with E-state index in [-0.39, 0.29) is 6.61 Å². The molecule has 15 heavy (non-hydrogen) atoms. The molecule has 4 heteroatoms. The molecule has 84 valence electrons. The van der Waals surface area contributed by atoms with Gasteiger partial charge in [0.05, 0.1) is 25.0 Å². The fraction of sp³-hybridized carbons (Fsp3) is 0.727. The zero-order valence-electron chi connectivity index (χ0n) is 8.93. The third-order valence-corrected chi connectivity index (χ3v) is 2.89. The smallest absolute Gasteiger partial charge is 0.157 e. The van der Waals surface area contributed by atoms with E-state index in [4.69, 9.17) is 9.84 Å². The van der Waals surface area contributed by atoms with Gasteiger partial charge in [-0.3, -0.25) is 4.68 Å². The van der Waals surface area contributed by atoms with E-state index in [1.54, 1.807) is 6.20 Å². The first-order valence-electron chi connectivity index (χ1n) is 5.68. The average molecular weight is 210 g/mol. The quantitative estimate of drug-likeness (QED) is 0.823. The lowest BCUT2D eigenvalue weighted by atomic mass is 9.96. The van der Waals surface area contributed by atoms with Crippen molar-refractivity contribution in [2.45, 2.75) is 38.1 Å². The average Bonchev–Trinajstić information content (AvgIpc) is 2.76. The SMILES string of the molecule is OCCOc1cnn(C2CCCCC2)c1. The summed E-state index contributed by atoms with van der Waals surface area (Å²) < 4.78 is 7.30. The molecule has 1 aliphatic carbocycles. The maximum Gasteiger partial charge on any atom is 0.157 e. The van der Waals surface area contributed by atoms with Crippen molar-refractivity contribution in [2.75, 3.05) is 13.2 Å². The summed E-state index contributed by atoms with van der Waals surface area (Å²) in [7, 11) is 0. The van der Waals surface area contributed by atoms with Gasteiger partial charge >= 0.3 is 0 Å². The van der Waals surface area contributed by atoms with Crippen LogP contribution in [-0.4, -0.2) is 28.1 Å². The van der Waals surface area contributed by atoms with Gasteiger partial charge < -0.3 is 9.84 Å². The van der Waals surface area contributed by atoms with Crippen LogP contribution in [0.2, 0.25) is 0 Å². The number of hydrogen-bond donors (Lipinski definition) is 1. The number of aromatic nitrogens is 2. The van der Waals surface area contributed by atoms with Gasteiger partial charge in [-0.25, -0.2) is 0 Å². The van der Waals surface area contributed by atoms with Gasteiger partial charge in [-0.05, 0) is 12.8 Å². The zero-order chi connectivity index (χ0) is 10.5. The minimum atomic E-state index is 0.0502. The van der Waals surface area contributed by atoms with Crippen molar-refractivity contribution in [3.8, 4) is 5.75 Å². The Hall–Kier alpha value is -1.03. The molecule has 1 aromatic rings. The first-order chi connectivity index (χ1) is 7.40. The first kappa shape index (κ1) is 10.5. The molecule has 1 fully saturated rings. The number of rotatable bonds is 4. The molecule has 0 amide bonds. The highest BCUT2D eigenvalue weighted by atomic mass is 16.5. The molecular formula is C11H18N2O2. The van der Waals surface area contributed by atoms with E-state index in [1.807, 2.05) is 10.9 Å². The monoisotopic (exact) mass is 210 g/mol. The maximum atomic E-state index is 8.63. The van der Waals surface area contributed by atoms with Crippen LogP contribution in [0.1, 0.15) is 38.1 Å². The van der Waals surface area contributed by atoms with E-state index in [0.717, 1.165) is 5.75 Å². The number of hydrogen-bond acceptors (Lipinski definition) is 3. The molecule has 0 saturated heterocycles. The Kier molecular flexibility index (Phi) is 3.61. The lowest BCUT2D eigenvalue weighted by molar-refractivity contribution is 0.201. The Morgan fingerprint density at radius 1 is 1.40 bits per heavy atom. The number of ether oxygens (including phenoxy) is 1. The molecule has 4 nitrogen and oxygen atoms in total. The predicted octanol–water partition coefficient (Wildman–Crippen LogP) is 1.76. The standard InChI is InChI=1S/C11H18N2O2/c14-6-7-15-11-8-12-13(9-11)10-4-2-1-3-5-10/h8-10,14H,1-7H2. The van der Waals surface area contributed by atoms with Crippen molar-refractivity contribution in [2.24, 2.45) is 0 Å². The Balaban J connectivity index is 1.93. The van der Waals surface area contributed by atoms with Gasteiger partial charge in [0.2, 0.25) is 0 Å². The van der Waals surface area contributed by atoms with Gasteiger partial charge in [0, 0.05) is 0 Å². The summed E-state index contributed by atoms with van der Waals surface area (Å²) in [5, 5.41) is 12.9. The second-order valence-electron chi connectivity index (χ2n) is 4.02. The summed E-state index contributed by atoms with van der Waals surface area (Å²) in [5.74, 6) is 0.759. The molecular weight excluding hydrogens is 192 g/mol. The molecule has 0 radical (unpaired) electrons. The Morgan fingerprint density at radius 3 is 2.93 bits per heavy atom. The van der Waals surface area contributed by atoms with Crippen LogP contribution in [0.5, 0.6) is 5.75 Å². The van der Waals surface area contributed by atoms with Crippen LogP contribution in [-0.2, 0) is 0 Å². The van der Waals surface area contributed by atoms with Gasteiger partial charge in [0.15, 0.2) is 5.75 Å². The van der Waals surface area contributed by atoms with Crippen molar-refractivity contribution >= 4 is 0 Å². The van der Waals surface area contributed by atoms with Crippen LogP contribution in [0, 0.1) is 0 Å². The highest BCUT2D eigenvalue weighted by Crippen LogP contribution is 2.28. The Labute approximate surface area is 89.9 Å². The molecule has 0 bridgehead atoms. The molecule has 1 N–H and O–H groups in total. The molecule has 2 rings (SSSR count). The normalized spacial score (nSPS) is 17.9. The molecule has 0 spiro atoms. The van der Waals surface area contributed by atoms with E-state index in [9.17, 15) is 0 Å². The van der Waals surface area contributed by atoms with Crippen LogP contribution in [0.25, 0.3) is 0 Å². The van der Waals surface area contributed by atoms with E-state index >= 15 is 0 Å². The molecule has 0 aromatic carbocycles. The minimum absolute atomic E-state index is 0.0502. The van der Waals surface area contributed by atoms with Crippen LogP contribution in [0.4, 0.5) is 0 Å². The minimum Gasteiger partial charge on any atom is -0.488 e. The maximum absolute atomic E-state index is 8.63. The predicted molar refractivity (Wildman–Crippen MR) is 56.9 cm³/mol. The molecule has 0 unspecified atom stereocenters. The number of aliphatic hydroxyl groups excluding tert-OH is 1. The van der Waals surface area contributed by atoms with Crippen molar-refractivity contribution < 1.29 is 9.84 Å². The lowest BCUT2D eigenvalue weighted by Gasteiger charge is -2.21. The summed E-state index contributed by atoms with van der Waals surface area (Å²) in [6.07, 6.45) is 10.1. The van der Waals surface area contributed by atoms with Crippen LogP contribution >= 0.6 is 0 Å². The third-order valence-electron chi connectivity index (χ3n) is 2.89. The fourth-order valence-corrected chi connectivity index (χ4v) is 2.10. The molecule has 0 aliphatic heterocycles. The molecule has 1 heterocycles. The molecule has 1 aliphatic rings. The lowest BCUT2D eigenvalue weighted by Crippen LogP contribution is -2.12. The van der Waals surface area contributed by atoms with Crippen LogP contribution in [0.15, 0.2) is 12.4 Å². The summed E-state index contributed by atoms with van der Waals surface area (Å²) >= 11 is 0.